The number of nitrogens with one attached hydrogen (secondary N) is 1. The van der Waals surface area contributed by atoms with Crippen molar-refractivity contribution in [2.24, 2.45) is 0 Å². The zero-order chi connectivity index (χ0) is 6.81. The van der Waals surface area contributed by atoms with Crippen molar-refractivity contribution in [2.45, 2.75) is 0 Å². The molecule has 0 amide bonds. The van der Waals surface area contributed by atoms with Gasteiger partial charge in [0.25, 0.3) is 0 Å². The van der Waals surface area contributed by atoms with Gasteiger partial charge < -0.3 is 0 Å². The number of allylic oxidation sites excluding steroid dienone is 2. The predicted molar refractivity (Wildman–Crippen MR) is 33.5 cm³/mol. The van der Waals surface area contributed by atoms with E-state index >= 15 is 0 Å². The molecule has 0 aromatic carbocycles. The van der Waals surface area contributed by atoms with Gasteiger partial charge in [-0.25, -0.2) is 0 Å². The Hall–Kier alpha value is -0.900. The highest BCUT2D eigenvalue weighted by Gasteiger charge is 2.20. The molecular weight excluding hydrogens is 194 g/mol. The standard InChI is InChI=1S/C6H5BrN3/c1-2-5(7-3-1)6-4-8-10-9-6/h1-4H,(H,8,9,10)/q+1. The number of halogens is 1. The van der Waals surface area contributed by atoms with E-state index in [9.17, 15) is 0 Å². The van der Waals surface area contributed by atoms with Crippen LogP contribution in [0.15, 0.2) is 23.3 Å². The zero-order valence-electron chi connectivity index (χ0n) is 5.08. The van der Waals surface area contributed by atoms with Gasteiger partial charge in [-0.2, -0.15) is 0 Å². The highest BCUT2D eigenvalue weighted by Crippen LogP contribution is 2.17. The monoisotopic (exact) mass is 198 g/mol. The molecule has 3 nitrogen and oxygen atoms in total. The first-order valence-corrected chi connectivity index (χ1v) is 4.55. The fourth-order valence-electron chi connectivity index (χ4n) is 0.721. The molecule has 0 radical (unpaired) electrons. The summed E-state index contributed by atoms with van der Waals surface area (Å²) in [4.78, 5) is 2.13. The van der Waals surface area contributed by atoms with E-state index in [1.165, 1.54) is 4.48 Å². The van der Waals surface area contributed by atoms with Crippen LogP contribution in [-0.2, 0) is 0 Å². The molecule has 4 heteroatoms. The summed E-state index contributed by atoms with van der Waals surface area (Å²) in [6.45, 7) is 0. The van der Waals surface area contributed by atoms with Crippen molar-refractivity contribution in [2.75, 3.05) is 0 Å². The number of hydrogen-bond acceptors (Lipinski definition) is 2. The number of hydrogen-bond donors (Lipinski definition) is 1. The summed E-state index contributed by atoms with van der Waals surface area (Å²) < 4.78 is 1.26. The summed E-state index contributed by atoms with van der Waals surface area (Å²) >= 11 is 0.724. The molecule has 1 aliphatic rings. The summed E-state index contributed by atoms with van der Waals surface area (Å²) in [5, 5.41) is 10.2. The molecule has 0 spiro atoms. The molecule has 1 aliphatic heterocycles. The van der Waals surface area contributed by atoms with E-state index in [0.717, 1.165) is 20.6 Å². The van der Waals surface area contributed by atoms with Crippen LogP contribution in [0.1, 0.15) is 5.69 Å². The van der Waals surface area contributed by atoms with E-state index in [1.54, 1.807) is 0 Å². The summed E-state index contributed by atoms with van der Waals surface area (Å²) in [7, 11) is 0. The maximum atomic E-state index is 3.89. The lowest BCUT2D eigenvalue weighted by Crippen LogP contribution is -1.81. The molecular formula is C6H5BrN3+. The maximum Gasteiger partial charge on any atom is 0.313 e. The molecule has 0 saturated carbocycles. The lowest BCUT2D eigenvalue weighted by molar-refractivity contribution is -0.483. The average Bonchev–Trinajstić information content (AvgIpc) is 2.59. The van der Waals surface area contributed by atoms with E-state index < -0.39 is 0 Å². The van der Waals surface area contributed by atoms with E-state index in [0.29, 0.717) is 0 Å². The van der Waals surface area contributed by atoms with Crippen LogP contribution in [-0.4, -0.2) is 15.4 Å². The third kappa shape index (κ3) is 0.903. The first-order chi connectivity index (χ1) is 4.97. The Labute approximate surface area is 64.3 Å². The molecule has 0 bridgehead atoms. The van der Waals surface area contributed by atoms with Gasteiger partial charge in [-0.1, -0.05) is 5.21 Å². The topological polar surface area (TPSA) is 41.6 Å². The summed E-state index contributed by atoms with van der Waals surface area (Å²) in [6.07, 6.45) is 5.93. The van der Waals surface area contributed by atoms with Crippen LogP contribution in [0.25, 0.3) is 4.48 Å². The van der Waals surface area contributed by atoms with E-state index in [2.05, 4.69) is 26.5 Å². The van der Waals surface area contributed by atoms with Crippen LogP contribution in [0.4, 0.5) is 0 Å². The second-order valence-electron chi connectivity index (χ2n) is 1.80. The number of nitrogens with zero attached hydrogens (tertiary/aromatic N) is 2. The molecule has 0 saturated heterocycles. The SMILES string of the molecule is C1=C[Br+]C(c2c[nH]nn2)=C1. The van der Waals surface area contributed by atoms with Crippen LogP contribution < -0.4 is 0 Å². The molecule has 1 aromatic heterocycles. The van der Waals surface area contributed by atoms with Crippen molar-refractivity contribution in [3.05, 3.63) is 29.0 Å². The van der Waals surface area contributed by atoms with Gasteiger partial charge in [-0.15, -0.1) is 5.10 Å². The quantitative estimate of drug-likeness (QED) is 0.725. The van der Waals surface area contributed by atoms with Gasteiger partial charge in [-0.3, -0.25) is 5.10 Å². The average molecular weight is 199 g/mol. The fraction of sp³-hybridized carbons (Fsp3) is 0. The minimum atomic E-state index is 0.724. The molecule has 0 aliphatic carbocycles. The van der Waals surface area contributed by atoms with Crippen molar-refractivity contribution in [1.29, 1.82) is 0 Å². The second kappa shape index (κ2) is 2.38. The summed E-state index contributed by atoms with van der Waals surface area (Å²) in [6, 6.07) is 0. The Balaban J connectivity index is 2.30. The van der Waals surface area contributed by atoms with Gasteiger partial charge in [0.15, 0.2) is 10.7 Å². The molecule has 2 rings (SSSR count). The minimum absolute atomic E-state index is 0.724. The van der Waals surface area contributed by atoms with Crippen molar-refractivity contribution >= 4 is 4.48 Å². The molecule has 0 atom stereocenters. The van der Waals surface area contributed by atoms with Gasteiger partial charge in [-0.05, 0) is 6.08 Å². The van der Waals surface area contributed by atoms with Crippen LogP contribution in [0, 0.1) is 14.9 Å². The van der Waals surface area contributed by atoms with Crippen LogP contribution >= 0.6 is 0 Å². The first-order valence-electron chi connectivity index (χ1n) is 2.84. The van der Waals surface area contributed by atoms with Crippen molar-refractivity contribution in [3.63, 3.8) is 0 Å². The van der Waals surface area contributed by atoms with Crippen molar-refractivity contribution < 1.29 is 14.9 Å². The fourth-order valence-corrected chi connectivity index (χ4v) is 2.04. The number of aromatic amines is 1. The second-order valence-corrected chi connectivity index (χ2v) is 3.64. The third-order valence-corrected chi connectivity index (χ3v) is 2.89. The summed E-state index contributed by atoms with van der Waals surface area (Å²) in [5.74, 6) is 0. The molecule has 10 heavy (non-hydrogen) atoms. The smallest absolute Gasteiger partial charge is 0.265 e. The molecule has 50 valence electrons. The lowest BCUT2D eigenvalue weighted by Gasteiger charge is -1.75. The molecule has 2 heterocycles. The van der Waals surface area contributed by atoms with Crippen LogP contribution in [0.3, 0.4) is 0 Å². The Morgan fingerprint density at radius 2 is 2.50 bits per heavy atom. The molecule has 1 N–H and O–H groups in total. The first kappa shape index (κ1) is 5.85. The molecule has 0 fully saturated rings. The van der Waals surface area contributed by atoms with Crippen molar-refractivity contribution in [1.82, 2.24) is 15.4 Å². The molecule has 1 aromatic rings. The Morgan fingerprint density at radius 3 is 3.10 bits per heavy atom. The van der Waals surface area contributed by atoms with E-state index in [1.807, 2.05) is 12.3 Å². The van der Waals surface area contributed by atoms with Gasteiger partial charge in [0.05, 0.1) is 6.20 Å². The third-order valence-electron chi connectivity index (χ3n) is 1.16. The van der Waals surface area contributed by atoms with Gasteiger partial charge >= 0.3 is 14.9 Å². The van der Waals surface area contributed by atoms with Gasteiger partial charge in [0.1, 0.15) is 0 Å². The predicted octanol–water partition coefficient (Wildman–Crippen LogP) is 0.758. The van der Waals surface area contributed by atoms with Gasteiger partial charge in [0, 0.05) is 6.08 Å². The van der Waals surface area contributed by atoms with E-state index in [-0.39, 0.29) is 0 Å². The number of aromatic nitrogens is 3. The molecule has 0 unspecified atom stereocenters. The Bertz CT molecular complexity index is 273. The van der Waals surface area contributed by atoms with E-state index in [4.69, 9.17) is 0 Å². The highest BCUT2D eigenvalue weighted by atomic mass is 79.9. The zero-order valence-corrected chi connectivity index (χ0v) is 6.67. The summed E-state index contributed by atoms with van der Waals surface area (Å²) in [5.41, 5.74) is 0.963. The lowest BCUT2D eigenvalue weighted by atomic mass is 10.4. The van der Waals surface area contributed by atoms with Crippen LogP contribution in [0.5, 0.6) is 0 Å². The number of H-pyrrole nitrogens is 1. The largest absolute Gasteiger partial charge is 0.313 e. The van der Waals surface area contributed by atoms with Crippen LogP contribution in [0.2, 0.25) is 0 Å². The van der Waals surface area contributed by atoms with Crippen molar-refractivity contribution in [3.8, 4) is 0 Å². The van der Waals surface area contributed by atoms with Gasteiger partial charge in [0.2, 0.25) is 4.48 Å². The Morgan fingerprint density at radius 1 is 1.50 bits per heavy atom. The number of rotatable bonds is 1. The minimum Gasteiger partial charge on any atom is -0.265 e. The maximum absolute atomic E-state index is 3.89. The normalized spacial score (nSPS) is 15.8. The highest BCUT2D eigenvalue weighted by molar-refractivity contribution is 5.56. The Kier molecular flexibility index (Phi) is 1.39.